The van der Waals surface area contributed by atoms with Gasteiger partial charge in [0.25, 0.3) is 0 Å². The number of aryl methyl sites for hydroxylation is 3. The Kier molecular flexibility index (Phi) is 8.63. The molecule has 214 valence electrons. The zero-order valence-corrected chi connectivity index (χ0v) is 26.2. The third-order valence-electron chi connectivity index (χ3n) is 9.17. The van der Waals surface area contributed by atoms with Crippen LogP contribution in [0.15, 0.2) is 103 Å². The van der Waals surface area contributed by atoms with Crippen molar-refractivity contribution in [2.75, 3.05) is 5.32 Å². The van der Waals surface area contributed by atoms with Crippen molar-refractivity contribution in [1.82, 2.24) is 0 Å². The van der Waals surface area contributed by atoms with Gasteiger partial charge in [0, 0.05) is 26.5 Å². The van der Waals surface area contributed by atoms with Crippen molar-refractivity contribution in [2.45, 2.75) is 77.6 Å². The van der Waals surface area contributed by atoms with Gasteiger partial charge in [-0.25, -0.2) is 0 Å². The number of nitrogens with one attached hydrogen (secondary N) is 1. The average Bonchev–Trinajstić information content (AvgIpc) is 3.50. The Morgan fingerprint density at radius 1 is 0.595 bits per heavy atom. The second kappa shape index (κ2) is 12.7. The zero-order valence-electron chi connectivity index (χ0n) is 25.4. The normalized spacial score (nSPS) is 12.5. The zero-order chi connectivity index (χ0) is 28.9. The maximum Gasteiger partial charge on any atom is 0.0384 e. The molecule has 1 aliphatic rings. The van der Waals surface area contributed by atoms with Crippen LogP contribution in [0.1, 0.15) is 80.2 Å². The van der Waals surface area contributed by atoms with Crippen LogP contribution in [0, 0.1) is 6.92 Å². The Hall–Kier alpha value is -3.62. The predicted molar refractivity (Wildman–Crippen MR) is 183 cm³/mol. The van der Waals surface area contributed by atoms with E-state index in [0.717, 1.165) is 11.4 Å². The molecule has 1 aliphatic carbocycles. The smallest absolute Gasteiger partial charge is 0.0384 e. The van der Waals surface area contributed by atoms with Crippen LogP contribution in [-0.2, 0) is 18.3 Å². The second-order valence-corrected chi connectivity index (χ2v) is 13.2. The molecule has 0 spiro atoms. The standard InChI is InChI=1S/C40H43NS/c1-4-6-26-40(27-7-5-2,34-16-8-29(3)9-17-34)35-18-22-37(23-19-35)41-36-20-14-31(15-21-36)38-24-25-39(42-38)33-13-11-30-10-12-32(30)28-33/h8-9,11,13-25,28,41H,4-7,10,12,26-27H2,1-3H3. The molecule has 0 aliphatic heterocycles. The summed E-state index contributed by atoms with van der Waals surface area (Å²) in [6.07, 6.45) is 9.76. The van der Waals surface area contributed by atoms with Crippen LogP contribution >= 0.6 is 11.3 Å². The van der Waals surface area contributed by atoms with Gasteiger partial charge in [0.1, 0.15) is 0 Å². The molecule has 1 N–H and O–H groups in total. The first-order chi connectivity index (χ1) is 20.6. The number of anilines is 2. The van der Waals surface area contributed by atoms with Gasteiger partial charge in [-0.15, -0.1) is 11.3 Å². The fraction of sp³-hybridized carbons (Fsp3) is 0.300. The first-order valence-corrected chi connectivity index (χ1v) is 16.7. The van der Waals surface area contributed by atoms with Crippen molar-refractivity contribution >= 4 is 22.7 Å². The molecule has 0 atom stereocenters. The monoisotopic (exact) mass is 569 g/mol. The molecular weight excluding hydrogens is 527 g/mol. The van der Waals surface area contributed by atoms with E-state index in [4.69, 9.17) is 0 Å². The van der Waals surface area contributed by atoms with E-state index in [2.05, 4.69) is 129 Å². The lowest BCUT2D eigenvalue weighted by atomic mass is 9.68. The number of thiophene rings is 1. The molecule has 6 rings (SSSR count). The van der Waals surface area contributed by atoms with Crippen LogP contribution in [0.3, 0.4) is 0 Å². The number of fused-ring (bicyclic) bond motifs is 1. The van der Waals surface area contributed by atoms with Crippen LogP contribution in [0.5, 0.6) is 0 Å². The Labute approximate surface area is 256 Å². The van der Waals surface area contributed by atoms with Gasteiger partial charge in [-0.3, -0.25) is 0 Å². The summed E-state index contributed by atoms with van der Waals surface area (Å²) >= 11 is 1.88. The molecule has 0 saturated carbocycles. The van der Waals surface area contributed by atoms with Crippen molar-refractivity contribution in [2.24, 2.45) is 0 Å². The Morgan fingerprint density at radius 2 is 1.12 bits per heavy atom. The van der Waals surface area contributed by atoms with Crippen molar-refractivity contribution in [1.29, 1.82) is 0 Å². The molecule has 0 unspecified atom stereocenters. The van der Waals surface area contributed by atoms with E-state index >= 15 is 0 Å². The van der Waals surface area contributed by atoms with E-state index in [9.17, 15) is 0 Å². The van der Waals surface area contributed by atoms with Gasteiger partial charge >= 0.3 is 0 Å². The van der Waals surface area contributed by atoms with E-state index in [1.165, 1.54) is 100 Å². The SMILES string of the molecule is CCCCC(CCCC)(c1ccc(C)cc1)c1ccc(Nc2ccc(-c3ccc(-c4ccc5c(c4)CC5)s3)cc2)cc1. The number of hydrogen-bond donors (Lipinski definition) is 1. The highest BCUT2D eigenvalue weighted by atomic mass is 32.1. The fourth-order valence-electron chi connectivity index (χ4n) is 6.45. The highest BCUT2D eigenvalue weighted by molar-refractivity contribution is 7.18. The van der Waals surface area contributed by atoms with E-state index in [-0.39, 0.29) is 5.41 Å². The lowest BCUT2D eigenvalue weighted by molar-refractivity contribution is 0.406. The molecule has 0 fully saturated rings. The van der Waals surface area contributed by atoms with Crippen LogP contribution in [0.4, 0.5) is 11.4 Å². The minimum Gasteiger partial charge on any atom is -0.356 e. The van der Waals surface area contributed by atoms with Crippen molar-refractivity contribution in [3.05, 3.63) is 131 Å². The summed E-state index contributed by atoms with van der Waals surface area (Å²) in [5, 5.41) is 3.65. The molecular formula is C40H43NS. The molecule has 2 heteroatoms. The Bertz CT molecular complexity index is 1600. The molecule has 42 heavy (non-hydrogen) atoms. The molecule has 1 nitrogen and oxygen atoms in total. The highest BCUT2D eigenvalue weighted by Crippen LogP contribution is 2.43. The van der Waals surface area contributed by atoms with Gasteiger partial charge in [-0.1, -0.05) is 112 Å². The first-order valence-electron chi connectivity index (χ1n) is 15.8. The number of rotatable bonds is 12. The molecule has 0 amide bonds. The van der Waals surface area contributed by atoms with Gasteiger partial charge in [0.2, 0.25) is 0 Å². The quantitative estimate of drug-likeness (QED) is 0.158. The third kappa shape index (κ3) is 5.96. The number of hydrogen-bond acceptors (Lipinski definition) is 2. The highest BCUT2D eigenvalue weighted by Gasteiger charge is 2.33. The maximum atomic E-state index is 3.65. The molecule has 5 aromatic rings. The van der Waals surface area contributed by atoms with Crippen molar-refractivity contribution < 1.29 is 0 Å². The lowest BCUT2D eigenvalue weighted by Gasteiger charge is -2.36. The molecule has 1 aromatic heterocycles. The maximum absolute atomic E-state index is 3.65. The Morgan fingerprint density at radius 3 is 1.67 bits per heavy atom. The summed E-state index contributed by atoms with van der Waals surface area (Å²) in [6.45, 7) is 6.80. The van der Waals surface area contributed by atoms with E-state index in [0.29, 0.717) is 0 Å². The fourth-order valence-corrected chi connectivity index (χ4v) is 7.46. The first kappa shape index (κ1) is 28.5. The van der Waals surface area contributed by atoms with Gasteiger partial charge in [0.05, 0.1) is 0 Å². The minimum absolute atomic E-state index is 0.0695. The molecule has 1 heterocycles. The Balaban J connectivity index is 1.19. The van der Waals surface area contributed by atoms with Crippen LogP contribution in [-0.4, -0.2) is 0 Å². The topological polar surface area (TPSA) is 12.0 Å². The third-order valence-corrected chi connectivity index (χ3v) is 10.4. The number of unbranched alkanes of at least 4 members (excludes halogenated alkanes) is 2. The largest absolute Gasteiger partial charge is 0.356 e. The van der Waals surface area contributed by atoms with Gasteiger partial charge in [-0.2, -0.15) is 0 Å². The summed E-state index contributed by atoms with van der Waals surface area (Å²) in [4.78, 5) is 2.66. The summed E-state index contributed by atoms with van der Waals surface area (Å²) in [5.41, 5.74) is 12.2. The summed E-state index contributed by atoms with van der Waals surface area (Å²) < 4.78 is 0. The van der Waals surface area contributed by atoms with E-state index < -0.39 is 0 Å². The second-order valence-electron chi connectivity index (χ2n) is 12.1. The van der Waals surface area contributed by atoms with Crippen LogP contribution in [0.2, 0.25) is 0 Å². The van der Waals surface area contributed by atoms with Gasteiger partial charge in [0.15, 0.2) is 0 Å². The summed E-state index contributed by atoms with van der Waals surface area (Å²) in [6, 6.07) is 39.0. The van der Waals surface area contributed by atoms with E-state index in [1.54, 1.807) is 0 Å². The van der Waals surface area contributed by atoms with Gasteiger partial charge in [-0.05, 0) is 102 Å². The molecule has 4 aromatic carbocycles. The molecule has 0 bridgehead atoms. The van der Waals surface area contributed by atoms with Gasteiger partial charge < -0.3 is 5.32 Å². The van der Waals surface area contributed by atoms with Crippen LogP contribution in [0.25, 0.3) is 20.9 Å². The van der Waals surface area contributed by atoms with Crippen LogP contribution < -0.4 is 5.32 Å². The van der Waals surface area contributed by atoms with Crippen molar-refractivity contribution in [3.8, 4) is 20.9 Å². The predicted octanol–water partition coefficient (Wildman–Crippen LogP) is 11.9. The number of benzene rings is 4. The molecule has 0 radical (unpaired) electrons. The minimum atomic E-state index is 0.0695. The molecule has 0 saturated heterocycles. The lowest BCUT2D eigenvalue weighted by Crippen LogP contribution is -2.28. The van der Waals surface area contributed by atoms with Crippen molar-refractivity contribution in [3.63, 3.8) is 0 Å². The summed E-state index contributed by atoms with van der Waals surface area (Å²) in [5.74, 6) is 0. The summed E-state index contributed by atoms with van der Waals surface area (Å²) in [7, 11) is 0. The average molecular weight is 570 g/mol. The van der Waals surface area contributed by atoms with E-state index in [1.807, 2.05) is 11.3 Å².